The molecule has 10 nitrogen and oxygen atoms in total. The molecule has 2 aromatic rings. The van der Waals surface area contributed by atoms with Crippen LogP contribution in [0, 0.1) is 0 Å². The number of primary amides is 1. The zero-order valence-electron chi connectivity index (χ0n) is 17.3. The summed E-state index contributed by atoms with van der Waals surface area (Å²) in [5, 5.41) is 9.82. The topological polar surface area (TPSA) is 147 Å². The van der Waals surface area contributed by atoms with E-state index >= 15 is 0 Å². The summed E-state index contributed by atoms with van der Waals surface area (Å²) in [6.45, 7) is 4.00. The maximum atomic E-state index is 13.3. The van der Waals surface area contributed by atoms with E-state index in [1.165, 1.54) is 34.6 Å². The molecule has 32 heavy (non-hydrogen) atoms. The third-order valence-electron chi connectivity index (χ3n) is 5.03. The average molecular weight is 460 g/mol. The highest BCUT2D eigenvalue weighted by Gasteiger charge is 2.44. The van der Waals surface area contributed by atoms with E-state index in [1.807, 2.05) is 17.5 Å². The van der Waals surface area contributed by atoms with E-state index < -0.39 is 41.9 Å². The molecule has 3 heterocycles. The first kappa shape index (κ1) is 23.1. The van der Waals surface area contributed by atoms with Crippen LogP contribution in [0.5, 0.6) is 0 Å². The zero-order valence-corrected chi connectivity index (χ0v) is 18.1. The molecule has 1 fully saturated rings. The fourth-order valence-corrected chi connectivity index (χ4v) is 4.28. The Balaban J connectivity index is 1.79. The van der Waals surface area contributed by atoms with Gasteiger partial charge in [0.25, 0.3) is 5.91 Å². The van der Waals surface area contributed by atoms with Gasteiger partial charge in [-0.1, -0.05) is 12.1 Å². The number of nitrogens with one attached hydrogen (secondary N) is 3. The Hall–Kier alpha value is -3.60. The minimum atomic E-state index is -1.05. The first-order valence-corrected chi connectivity index (χ1v) is 10.9. The van der Waals surface area contributed by atoms with Crippen molar-refractivity contribution in [3.63, 3.8) is 0 Å². The van der Waals surface area contributed by atoms with Gasteiger partial charge in [0.2, 0.25) is 11.8 Å². The molecule has 5 amide bonds. The summed E-state index contributed by atoms with van der Waals surface area (Å²) < 4.78 is 5.19. The van der Waals surface area contributed by atoms with Crippen molar-refractivity contribution in [1.82, 2.24) is 20.9 Å². The third-order valence-corrected chi connectivity index (χ3v) is 5.93. The molecule has 0 aliphatic carbocycles. The maximum Gasteiger partial charge on any atom is 0.315 e. The summed E-state index contributed by atoms with van der Waals surface area (Å²) in [7, 11) is 0. The van der Waals surface area contributed by atoms with Crippen molar-refractivity contribution >= 4 is 35.1 Å². The summed E-state index contributed by atoms with van der Waals surface area (Å²) >= 11 is 1.44. The van der Waals surface area contributed by atoms with Crippen LogP contribution in [-0.2, 0) is 16.0 Å². The molecule has 1 saturated heterocycles. The summed E-state index contributed by atoms with van der Waals surface area (Å²) in [4.78, 5) is 52.5. The standard InChI is InChI=1S/C21H25N5O5S/c1-2-8-23-21(30)25-14-7-9-26(20(29)16-6-3-10-31-16)17(14)19(28)24-15(18(22)27)12-13-5-4-11-32-13/h2-6,10-11,14-15,17H,1,7-9,12H2,(H2,22,27)(H,24,28)(H2,23,25,30)/t14-,15-,17-/m0/s1. The number of furan rings is 1. The van der Waals surface area contributed by atoms with Crippen LogP contribution in [0.4, 0.5) is 4.79 Å². The molecule has 0 radical (unpaired) electrons. The predicted molar refractivity (Wildman–Crippen MR) is 118 cm³/mol. The fourth-order valence-electron chi connectivity index (χ4n) is 3.53. The summed E-state index contributed by atoms with van der Waals surface area (Å²) in [5.74, 6) is -1.69. The van der Waals surface area contributed by atoms with Crippen LogP contribution in [0.25, 0.3) is 0 Å². The van der Waals surface area contributed by atoms with E-state index in [9.17, 15) is 19.2 Å². The SMILES string of the molecule is C=CCNC(=O)N[C@H]1CCN(C(=O)c2ccco2)[C@@H]1C(=O)N[C@@H](Cc1cccs1)C(N)=O. The van der Waals surface area contributed by atoms with E-state index in [2.05, 4.69) is 22.5 Å². The Labute approximate surface area is 188 Å². The molecule has 0 unspecified atom stereocenters. The van der Waals surface area contributed by atoms with E-state index in [-0.39, 0.29) is 25.3 Å². The zero-order chi connectivity index (χ0) is 23.1. The Morgan fingerprint density at radius 3 is 2.75 bits per heavy atom. The van der Waals surface area contributed by atoms with Crippen molar-refractivity contribution < 1.29 is 23.6 Å². The van der Waals surface area contributed by atoms with Gasteiger partial charge in [0.05, 0.1) is 12.3 Å². The van der Waals surface area contributed by atoms with Gasteiger partial charge in [-0.2, -0.15) is 0 Å². The molecule has 3 rings (SSSR count). The lowest BCUT2D eigenvalue weighted by molar-refractivity contribution is -0.130. The van der Waals surface area contributed by atoms with Crippen LogP contribution < -0.4 is 21.7 Å². The quantitative estimate of drug-likeness (QED) is 0.406. The molecule has 0 aromatic carbocycles. The van der Waals surface area contributed by atoms with Gasteiger partial charge in [0.15, 0.2) is 5.76 Å². The lowest BCUT2D eigenvalue weighted by Crippen LogP contribution is -2.59. The largest absolute Gasteiger partial charge is 0.459 e. The van der Waals surface area contributed by atoms with Gasteiger partial charge < -0.3 is 31.0 Å². The van der Waals surface area contributed by atoms with E-state index in [1.54, 1.807) is 6.07 Å². The molecule has 2 aromatic heterocycles. The van der Waals surface area contributed by atoms with Gasteiger partial charge in [-0.25, -0.2) is 4.79 Å². The number of nitrogens with two attached hydrogens (primary N) is 1. The third kappa shape index (κ3) is 5.55. The molecule has 170 valence electrons. The summed E-state index contributed by atoms with van der Waals surface area (Å²) in [6, 6.07) is 3.56. The average Bonchev–Trinajstić information content (AvgIpc) is 3.52. The number of rotatable bonds is 9. The van der Waals surface area contributed by atoms with Crippen LogP contribution in [0.1, 0.15) is 21.9 Å². The number of likely N-dealkylation sites (tertiary alicyclic amines) is 1. The van der Waals surface area contributed by atoms with Gasteiger partial charge in [0.1, 0.15) is 12.1 Å². The predicted octanol–water partition coefficient (Wildman–Crippen LogP) is 0.622. The lowest BCUT2D eigenvalue weighted by Gasteiger charge is -2.28. The molecule has 0 bridgehead atoms. The second-order valence-electron chi connectivity index (χ2n) is 7.21. The fraction of sp³-hybridized carbons (Fsp3) is 0.333. The molecule has 1 aliphatic rings. The highest BCUT2D eigenvalue weighted by Crippen LogP contribution is 2.22. The number of urea groups is 1. The monoisotopic (exact) mass is 459 g/mol. The van der Waals surface area contributed by atoms with Gasteiger partial charge in [-0.05, 0) is 30.0 Å². The minimum absolute atomic E-state index is 0.0737. The number of carbonyl (C=O) groups is 4. The molecule has 0 saturated carbocycles. The Morgan fingerprint density at radius 2 is 2.12 bits per heavy atom. The molecule has 0 spiro atoms. The molecular weight excluding hydrogens is 434 g/mol. The van der Waals surface area contributed by atoms with E-state index in [0.29, 0.717) is 6.42 Å². The van der Waals surface area contributed by atoms with E-state index in [0.717, 1.165) is 4.88 Å². The van der Waals surface area contributed by atoms with Crippen LogP contribution >= 0.6 is 11.3 Å². The molecule has 3 atom stereocenters. The first-order valence-electron chi connectivity index (χ1n) is 10.0. The number of hydrogen-bond donors (Lipinski definition) is 4. The second kappa shape index (κ2) is 10.6. The van der Waals surface area contributed by atoms with Gasteiger partial charge in [-0.15, -0.1) is 17.9 Å². The number of amides is 5. The number of nitrogens with zero attached hydrogens (tertiary/aromatic N) is 1. The lowest BCUT2D eigenvalue weighted by atomic mass is 10.1. The Kier molecular flexibility index (Phi) is 7.66. The smallest absolute Gasteiger partial charge is 0.315 e. The summed E-state index contributed by atoms with van der Waals surface area (Å²) in [6.07, 6.45) is 3.46. The first-order chi connectivity index (χ1) is 15.4. The van der Waals surface area contributed by atoms with Crippen LogP contribution in [-0.4, -0.2) is 59.9 Å². The molecule has 1 aliphatic heterocycles. The normalized spacial score (nSPS) is 18.6. The second-order valence-corrected chi connectivity index (χ2v) is 8.24. The summed E-state index contributed by atoms with van der Waals surface area (Å²) in [5.41, 5.74) is 5.51. The van der Waals surface area contributed by atoms with Crippen molar-refractivity contribution in [3.8, 4) is 0 Å². The van der Waals surface area contributed by atoms with Gasteiger partial charge in [0, 0.05) is 24.4 Å². The molecule has 11 heteroatoms. The van der Waals surface area contributed by atoms with Crippen molar-refractivity contribution in [2.24, 2.45) is 5.73 Å². The Morgan fingerprint density at radius 1 is 1.31 bits per heavy atom. The number of carbonyl (C=O) groups excluding carboxylic acids is 4. The Bertz CT molecular complexity index is 959. The highest BCUT2D eigenvalue weighted by atomic mass is 32.1. The van der Waals surface area contributed by atoms with Crippen LogP contribution in [0.15, 0.2) is 53.0 Å². The minimum Gasteiger partial charge on any atom is -0.459 e. The molecule has 5 N–H and O–H groups in total. The van der Waals surface area contributed by atoms with Crippen molar-refractivity contribution in [2.75, 3.05) is 13.1 Å². The van der Waals surface area contributed by atoms with Crippen molar-refractivity contribution in [3.05, 3.63) is 59.2 Å². The van der Waals surface area contributed by atoms with Crippen molar-refractivity contribution in [2.45, 2.75) is 31.0 Å². The number of hydrogen-bond acceptors (Lipinski definition) is 6. The van der Waals surface area contributed by atoms with Crippen LogP contribution in [0.2, 0.25) is 0 Å². The van der Waals surface area contributed by atoms with Gasteiger partial charge in [-0.3, -0.25) is 14.4 Å². The van der Waals surface area contributed by atoms with E-state index in [4.69, 9.17) is 10.2 Å². The highest BCUT2D eigenvalue weighted by molar-refractivity contribution is 7.09. The van der Waals surface area contributed by atoms with Crippen molar-refractivity contribution in [1.29, 1.82) is 0 Å². The van der Waals surface area contributed by atoms with Gasteiger partial charge >= 0.3 is 6.03 Å². The number of thiophene rings is 1. The maximum absolute atomic E-state index is 13.3. The molecular formula is C21H25N5O5S. The van der Waals surface area contributed by atoms with Crippen LogP contribution in [0.3, 0.4) is 0 Å².